The summed E-state index contributed by atoms with van der Waals surface area (Å²) in [6, 6.07) is 6.93. The Bertz CT molecular complexity index is 614. The molecule has 1 aliphatic rings. The predicted octanol–water partition coefficient (Wildman–Crippen LogP) is 2.85. The first kappa shape index (κ1) is 14.4. The van der Waals surface area contributed by atoms with Crippen molar-refractivity contribution in [2.75, 3.05) is 11.4 Å². The summed E-state index contributed by atoms with van der Waals surface area (Å²) in [6.07, 6.45) is 5.49. The number of fused-ring (bicyclic) bond motifs is 1. The number of hydrogen-bond acceptors (Lipinski definition) is 3. The summed E-state index contributed by atoms with van der Waals surface area (Å²) in [5, 5.41) is 0. The Morgan fingerprint density at radius 1 is 1.33 bits per heavy atom. The van der Waals surface area contributed by atoms with Gasteiger partial charge in [-0.2, -0.15) is 0 Å². The number of nitrogens with zero attached hydrogens (tertiary/aromatic N) is 3. The van der Waals surface area contributed by atoms with Crippen LogP contribution in [-0.4, -0.2) is 28.0 Å². The average Bonchev–Trinajstić information content (AvgIpc) is 3.03. The maximum atomic E-state index is 6.08. The molecular weight excluding hydrogens is 260 g/mol. The number of aromatic nitrogens is 2. The van der Waals surface area contributed by atoms with E-state index >= 15 is 0 Å². The minimum atomic E-state index is 0.143. The number of pyridine rings is 1. The van der Waals surface area contributed by atoms with Crippen molar-refractivity contribution >= 4 is 11.5 Å². The Labute approximate surface area is 127 Å². The average molecular weight is 286 g/mol. The van der Waals surface area contributed by atoms with E-state index in [0.29, 0.717) is 12.0 Å². The van der Waals surface area contributed by atoms with Crippen LogP contribution in [0, 0.1) is 5.92 Å². The molecule has 114 valence electrons. The quantitative estimate of drug-likeness (QED) is 0.940. The molecule has 2 aromatic heterocycles. The Kier molecular flexibility index (Phi) is 3.89. The van der Waals surface area contributed by atoms with Crippen molar-refractivity contribution < 1.29 is 0 Å². The molecule has 4 nitrogen and oxygen atoms in total. The van der Waals surface area contributed by atoms with Gasteiger partial charge in [0.05, 0.1) is 5.69 Å². The number of nitrogens with two attached hydrogens (primary N) is 1. The van der Waals surface area contributed by atoms with Gasteiger partial charge in [0.25, 0.3) is 0 Å². The third kappa shape index (κ3) is 2.64. The van der Waals surface area contributed by atoms with Crippen molar-refractivity contribution in [1.82, 2.24) is 9.38 Å². The third-order valence-corrected chi connectivity index (χ3v) is 4.46. The van der Waals surface area contributed by atoms with Gasteiger partial charge in [-0.25, -0.2) is 4.98 Å². The van der Waals surface area contributed by atoms with Crippen LogP contribution in [-0.2, 0) is 6.42 Å². The Morgan fingerprint density at radius 3 is 2.86 bits per heavy atom. The molecule has 3 heterocycles. The topological polar surface area (TPSA) is 46.6 Å². The van der Waals surface area contributed by atoms with Crippen molar-refractivity contribution in [2.45, 2.75) is 52.1 Å². The van der Waals surface area contributed by atoms with Gasteiger partial charge in [-0.05, 0) is 37.8 Å². The normalized spacial score (nSPS) is 20.6. The first-order valence-electron chi connectivity index (χ1n) is 8.06. The van der Waals surface area contributed by atoms with Gasteiger partial charge in [0.1, 0.15) is 5.65 Å². The van der Waals surface area contributed by atoms with Gasteiger partial charge in [0.15, 0.2) is 5.82 Å². The van der Waals surface area contributed by atoms with Gasteiger partial charge < -0.3 is 15.0 Å². The lowest BCUT2D eigenvalue weighted by molar-refractivity contribution is 0.489. The standard InChI is InChI=1S/C17H26N4/c1-12(2)14-7-6-10-21(14)17-15(11-13(3)18)20-9-5-4-8-16(20)19-17/h4-5,8-9,12-14H,6-7,10-11,18H2,1-3H3. The second-order valence-electron chi connectivity index (χ2n) is 6.64. The highest BCUT2D eigenvalue weighted by atomic mass is 15.3. The van der Waals surface area contributed by atoms with Gasteiger partial charge in [0.2, 0.25) is 0 Å². The predicted molar refractivity (Wildman–Crippen MR) is 87.8 cm³/mol. The molecule has 0 radical (unpaired) electrons. The van der Waals surface area contributed by atoms with Crippen LogP contribution < -0.4 is 10.6 Å². The molecule has 2 aromatic rings. The second kappa shape index (κ2) is 5.68. The second-order valence-corrected chi connectivity index (χ2v) is 6.64. The van der Waals surface area contributed by atoms with Crippen LogP contribution in [0.15, 0.2) is 24.4 Å². The summed E-state index contributed by atoms with van der Waals surface area (Å²) in [6.45, 7) is 7.79. The smallest absolute Gasteiger partial charge is 0.151 e. The van der Waals surface area contributed by atoms with E-state index in [0.717, 1.165) is 24.4 Å². The fraction of sp³-hybridized carbons (Fsp3) is 0.588. The molecule has 1 fully saturated rings. The van der Waals surface area contributed by atoms with Crippen molar-refractivity contribution in [2.24, 2.45) is 11.7 Å². The van der Waals surface area contributed by atoms with Gasteiger partial charge in [-0.15, -0.1) is 0 Å². The molecule has 0 bridgehead atoms. The largest absolute Gasteiger partial charge is 0.352 e. The van der Waals surface area contributed by atoms with E-state index in [2.05, 4.69) is 48.4 Å². The fourth-order valence-corrected chi connectivity index (χ4v) is 3.51. The van der Waals surface area contributed by atoms with Gasteiger partial charge >= 0.3 is 0 Å². The van der Waals surface area contributed by atoms with Gasteiger partial charge in [-0.1, -0.05) is 19.9 Å². The zero-order chi connectivity index (χ0) is 15.0. The van der Waals surface area contributed by atoms with E-state index in [1.54, 1.807) is 0 Å². The number of imidazole rings is 1. The zero-order valence-corrected chi connectivity index (χ0v) is 13.3. The first-order valence-corrected chi connectivity index (χ1v) is 8.06. The van der Waals surface area contributed by atoms with Crippen molar-refractivity contribution in [3.05, 3.63) is 30.1 Å². The van der Waals surface area contributed by atoms with E-state index in [1.807, 2.05) is 6.07 Å². The van der Waals surface area contributed by atoms with Crippen LogP contribution in [0.4, 0.5) is 5.82 Å². The molecule has 0 amide bonds. The van der Waals surface area contributed by atoms with E-state index in [9.17, 15) is 0 Å². The summed E-state index contributed by atoms with van der Waals surface area (Å²) in [7, 11) is 0. The molecule has 21 heavy (non-hydrogen) atoms. The molecule has 4 heteroatoms. The lowest BCUT2D eigenvalue weighted by Crippen LogP contribution is -2.34. The molecule has 3 rings (SSSR count). The third-order valence-electron chi connectivity index (χ3n) is 4.46. The Hall–Kier alpha value is -1.55. The summed E-state index contributed by atoms with van der Waals surface area (Å²) in [4.78, 5) is 7.42. The number of anilines is 1. The van der Waals surface area contributed by atoms with E-state index in [1.165, 1.54) is 18.5 Å². The molecule has 1 saturated heterocycles. The Balaban J connectivity index is 2.08. The van der Waals surface area contributed by atoms with Crippen LogP contribution in [0.1, 0.15) is 39.3 Å². The van der Waals surface area contributed by atoms with Gasteiger partial charge in [-0.3, -0.25) is 0 Å². The monoisotopic (exact) mass is 286 g/mol. The van der Waals surface area contributed by atoms with Crippen LogP contribution in [0.3, 0.4) is 0 Å². The lowest BCUT2D eigenvalue weighted by Gasteiger charge is -2.29. The summed E-state index contributed by atoms with van der Waals surface area (Å²) in [5.74, 6) is 1.80. The van der Waals surface area contributed by atoms with Gasteiger partial charge in [0, 0.05) is 31.2 Å². The van der Waals surface area contributed by atoms with Crippen LogP contribution in [0.2, 0.25) is 0 Å². The fourth-order valence-electron chi connectivity index (χ4n) is 3.51. The van der Waals surface area contributed by atoms with E-state index < -0.39 is 0 Å². The molecule has 0 aliphatic carbocycles. The Morgan fingerprint density at radius 2 is 2.14 bits per heavy atom. The van der Waals surface area contributed by atoms with E-state index in [-0.39, 0.29) is 6.04 Å². The zero-order valence-electron chi connectivity index (χ0n) is 13.3. The molecule has 0 spiro atoms. The molecule has 2 unspecified atom stereocenters. The first-order chi connectivity index (χ1) is 10.1. The lowest BCUT2D eigenvalue weighted by atomic mass is 10.0. The maximum absolute atomic E-state index is 6.08. The minimum Gasteiger partial charge on any atom is -0.352 e. The van der Waals surface area contributed by atoms with Crippen molar-refractivity contribution in [3.63, 3.8) is 0 Å². The number of rotatable bonds is 4. The summed E-state index contributed by atoms with van der Waals surface area (Å²) < 4.78 is 2.20. The van der Waals surface area contributed by atoms with Crippen molar-refractivity contribution in [1.29, 1.82) is 0 Å². The molecular formula is C17H26N4. The SMILES string of the molecule is CC(N)Cc1c(N2CCCC2C(C)C)nc2ccccn12. The maximum Gasteiger partial charge on any atom is 0.151 e. The van der Waals surface area contributed by atoms with Crippen molar-refractivity contribution in [3.8, 4) is 0 Å². The molecule has 2 atom stereocenters. The molecule has 0 aromatic carbocycles. The highest BCUT2D eigenvalue weighted by Crippen LogP contribution is 2.32. The summed E-state index contributed by atoms with van der Waals surface area (Å²) >= 11 is 0. The molecule has 1 aliphatic heterocycles. The highest BCUT2D eigenvalue weighted by Gasteiger charge is 2.31. The molecule has 2 N–H and O–H groups in total. The van der Waals surface area contributed by atoms with Crippen LogP contribution in [0.25, 0.3) is 5.65 Å². The summed E-state index contributed by atoms with van der Waals surface area (Å²) in [5.41, 5.74) is 8.36. The molecule has 0 saturated carbocycles. The number of hydrogen-bond donors (Lipinski definition) is 1. The minimum absolute atomic E-state index is 0.143. The van der Waals surface area contributed by atoms with Crippen LogP contribution >= 0.6 is 0 Å². The van der Waals surface area contributed by atoms with E-state index in [4.69, 9.17) is 10.7 Å². The van der Waals surface area contributed by atoms with Crippen LogP contribution in [0.5, 0.6) is 0 Å². The highest BCUT2D eigenvalue weighted by molar-refractivity contribution is 5.57.